The Balaban J connectivity index is 1.82. The molecular weight excluding hydrogens is 298 g/mol. The molecule has 2 bridgehead atoms. The molecule has 0 spiro atoms. The molecule has 0 unspecified atom stereocenters. The molecule has 2 aromatic rings. The van der Waals surface area contributed by atoms with Crippen LogP contribution in [0.15, 0.2) is 41.0 Å². The van der Waals surface area contributed by atoms with E-state index in [2.05, 4.69) is 52.5 Å². The maximum atomic E-state index is 4.70. The smallest absolute Gasteiger partial charge is 0.0705 e. The lowest BCUT2D eigenvalue weighted by Crippen LogP contribution is -2.21. The molecule has 0 saturated heterocycles. The highest BCUT2D eigenvalue weighted by atomic mass is 79.9. The minimum absolute atomic E-state index is 0.782. The van der Waals surface area contributed by atoms with E-state index in [9.17, 15) is 0 Å². The van der Waals surface area contributed by atoms with Gasteiger partial charge in [-0.1, -0.05) is 28.1 Å². The Kier molecular flexibility index (Phi) is 2.73. The van der Waals surface area contributed by atoms with Crippen LogP contribution in [0.5, 0.6) is 0 Å². The van der Waals surface area contributed by atoms with Crippen LogP contribution in [0.4, 0.5) is 0 Å². The number of halogens is 1. The van der Waals surface area contributed by atoms with Gasteiger partial charge in [-0.15, -0.1) is 0 Å². The van der Waals surface area contributed by atoms with Crippen LogP contribution in [0, 0.1) is 0 Å². The van der Waals surface area contributed by atoms with Gasteiger partial charge in [0.25, 0.3) is 0 Å². The fourth-order valence-corrected chi connectivity index (χ4v) is 4.10. The first kappa shape index (κ1) is 11.7. The van der Waals surface area contributed by atoms with E-state index in [1.54, 1.807) is 5.56 Å². The lowest BCUT2D eigenvalue weighted by atomic mass is 9.67. The molecular formula is C17H16BrN. The summed E-state index contributed by atoms with van der Waals surface area (Å²) in [6.45, 7) is 0. The minimum Gasteiger partial charge on any atom is -0.256 e. The number of hydrogen-bond donors (Lipinski definition) is 0. The summed E-state index contributed by atoms with van der Waals surface area (Å²) in [4.78, 5) is 4.70. The van der Waals surface area contributed by atoms with Crippen molar-refractivity contribution >= 4 is 15.9 Å². The number of nitrogens with zero attached hydrogens (tertiary/aromatic N) is 1. The Morgan fingerprint density at radius 1 is 0.947 bits per heavy atom. The maximum Gasteiger partial charge on any atom is 0.0705 e. The Bertz CT molecular complexity index is 627. The third-order valence-corrected chi connectivity index (χ3v) is 5.19. The zero-order valence-electron chi connectivity index (χ0n) is 10.8. The van der Waals surface area contributed by atoms with Crippen LogP contribution in [-0.4, -0.2) is 4.98 Å². The first-order chi connectivity index (χ1) is 9.31. The second-order valence-electron chi connectivity index (χ2n) is 5.76. The van der Waals surface area contributed by atoms with Gasteiger partial charge in [0.05, 0.1) is 5.69 Å². The average molecular weight is 314 g/mol. The predicted molar refractivity (Wildman–Crippen MR) is 81.3 cm³/mol. The van der Waals surface area contributed by atoms with Crippen LogP contribution < -0.4 is 0 Å². The summed E-state index contributed by atoms with van der Waals surface area (Å²) in [5.41, 5.74) is 5.43. The maximum absolute atomic E-state index is 4.70. The first-order valence-corrected chi connectivity index (χ1v) is 7.86. The second kappa shape index (κ2) is 4.45. The van der Waals surface area contributed by atoms with Crippen molar-refractivity contribution in [3.05, 3.63) is 52.1 Å². The Morgan fingerprint density at radius 3 is 2.42 bits per heavy atom. The van der Waals surface area contributed by atoms with Crippen molar-refractivity contribution in [3.8, 4) is 11.3 Å². The molecule has 1 heterocycles. The van der Waals surface area contributed by atoms with E-state index in [0.29, 0.717) is 0 Å². The summed E-state index contributed by atoms with van der Waals surface area (Å²) >= 11 is 3.54. The van der Waals surface area contributed by atoms with Gasteiger partial charge in [0.2, 0.25) is 0 Å². The van der Waals surface area contributed by atoms with Gasteiger partial charge in [0.1, 0.15) is 0 Å². The van der Waals surface area contributed by atoms with Crippen molar-refractivity contribution in [2.45, 2.75) is 37.5 Å². The number of hydrogen-bond acceptors (Lipinski definition) is 1. The molecule has 1 saturated carbocycles. The number of aromatic nitrogens is 1. The molecule has 5 rings (SSSR count). The molecule has 3 aliphatic carbocycles. The van der Waals surface area contributed by atoms with E-state index in [1.165, 1.54) is 36.8 Å². The highest BCUT2D eigenvalue weighted by Gasteiger charge is 2.33. The molecule has 0 N–H and O–H groups in total. The molecule has 1 fully saturated rings. The van der Waals surface area contributed by atoms with E-state index in [4.69, 9.17) is 4.98 Å². The SMILES string of the molecule is Brc1cccc(-c2cc3c(cn2)C2CCC3CC2)c1. The van der Waals surface area contributed by atoms with E-state index in [-0.39, 0.29) is 0 Å². The quantitative estimate of drug-likeness (QED) is 0.699. The molecule has 1 nitrogen and oxygen atoms in total. The summed E-state index contributed by atoms with van der Waals surface area (Å²) in [6, 6.07) is 10.8. The van der Waals surface area contributed by atoms with Gasteiger partial charge in [0, 0.05) is 16.2 Å². The van der Waals surface area contributed by atoms with Gasteiger partial charge in [-0.2, -0.15) is 0 Å². The highest BCUT2D eigenvalue weighted by molar-refractivity contribution is 9.10. The van der Waals surface area contributed by atoms with Gasteiger partial charge in [-0.05, 0) is 66.8 Å². The van der Waals surface area contributed by atoms with Crippen molar-refractivity contribution < 1.29 is 0 Å². The van der Waals surface area contributed by atoms with Crippen molar-refractivity contribution in [2.24, 2.45) is 0 Å². The minimum atomic E-state index is 0.782. The highest BCUT2D eigenvalue weighted by Crippen LogP contribution is 2.49. The molecule has 0 aliphatic heterocycles. The van der Waals surface area contributed by atoms with Crippen LogP contribution in [0.1, 0.15) is 48.6 Å². The van der Waals surface area contributed by atoms with Crippen molar-refractivity contribution in [3.63, 3.8) is 0 Å². The fourth-order valence-electron chi connectivity index (χ4n) is 3.70. The van der Waals surface area contributed by atoms with Gasteiger partial charge in [-0.3, -0.25) is 4.98 Å². The number of rotatable bonds is 1. The molecule has 19 heavy (non-hydrogen) atoms. The number of fused-ring (bicyclic) bond motifs is 2. The summed E-state index contributed by atoms with van der Waals surface area (Å²) in [5.74, 6) is 1.57. The molecule has 1 aromatic heterocycles. The van der Waals surface area contributed by atoms with Crippen LogP contribution in [0.25, 0.3) is 11.3 Å². The predicted octanol–water partition coefficient (Wildman–Crippen LogP) is 5.27. The van der Waals surface area contributed by atoms with Gasteiger partial charge < -0.3 is 0 Å². The van der Waals surface area contributed by atoms with Crippen molar-refractivity contribution in [1.29, 1.82) is 0 Å². The molecule has 1 aromatic carbocycles. The zero-order chi connectivity index (χ0) is 12.8. The average Bonchev–Trinajstić information content (AvgIpc) is 2.48. The topological polar surface area (TPSA) is 12.9 Å². The van der Waals surface area contributed by atoms with Crippen LogP contribution in [0.2, 0.25) is 0 Å². The number of benzene rings is 1. The second-order valence-corrected chi connectivity index (χ2v) is 6.67. The van der Waals surface area contributed by atoms with Crippen LogP contribution >= 0.6 is 15.9 Å². The number of pyridine rings is 1. The van der Waals surface area contributed by atoms with Crippen LogP contribution in [0.3, 0.4) is 0 Å². The van der Waals surface area contributed by atoms with E-state index in [1.807, 2.05) is 0 Å². The summed E-state index contributed by atoms with van der Waals surface area (Å²) < 4.78 is 1.12. The zero-order valence-corrected chi connectivity index (χ0v) is 12.4. The lowest BCUT2D eigenvalue weighted by Gasteiger charge is -2.38. The van der Waals surface area contributed by atoms with Gasteiger partial charge >= 0.3 is 0 Å². The monoisotopic (exact) mass is 313 g/mol. The summed E-state index contributed by atoms with van der Waals surface area (Å²) in [6.07, 6.45) is 7.63. The third kappa shape index (κ3) is 1.93. The molecule has 96 valence electrons. The van der Waals surface area contributed by atoms with E-state index >= 15 is 0 Å². The molecule has 2 heteroatoms. The normalized spacial score (nSPS) is 24.3. The molecule has 3 aliphatic rings. The van der Waals surface area contributed by atoms with Crippen molar-refractivity contribution in [1.82, 2.24) is 4.98 Å². The summed E-state index contributed by atoms with van der Waals surface area (Å²) in [7, 11) is 0. The molecule has 0 radical (unpaired) electrons. The Hall–Kier alpha value is -1.15. The first-order valence-electron chi connectivity index (χ1n) is 7.07. The summed E-state index contributed by atoms with van der Waals surface area (Å²) in [5, 5.41) is 0. The molecule has 0 atom stereocenters. The Morgan fingerprint density at radius 2 is 1.68 bits per heavy atom. The Labute approximate surface area is 122 Å². The van der Waals surface area contributed by atoms with E-state index in [0.717, 1.165) is 22.0 Å². The standard InChI is InChI=1S/C17H16BrN/c18-14-3-1-2-13(8-14)17-9-15-11-4-6-12(7-5-11)16(15)10-19-17/h1-3,8-12H,4-7H2. The molecule has 0 amide bonds. The van der Waals surface area contributed by atoms with Crippen LogP contribution in [-0.2, 0) is 0 Å². The third-order valence-electron chi connectivity index (χ3n) is 4.70. The fraction of sp³-hybridized carbons (Fsp3) is 0.353. The largest absolute Gasteiger partial charge is 0.256 e. The van der Waals surface area contributed by atoms with E-state index < -0.39 is 0 Å². The van der Waals surface area contributed by atoms with Gasteiger partial charge in [0.15, 0.2) is 0 Å². The lowest BCUT2D eigenvalue weighted by molar-refractivity contribution is 0.358. The van der Waals surface area contributed by atoms with Crippen molar-refractivity contribution in [2.75, 3.05) is 0 Å². The van der Waals surface area contributed by atoms with Gasteiger partial charge in [-0.25, -0.2) is 0 Å².